The summed E-state index contributed by atoms with van der Waals surface area (Å²) >= 11 is 0. The van der Waals surface area contributed by atoms with Gasteiger partial charge in [-0.05, 0) is 37.4 Å². The van der Waals surface area contributed by atoms with E-state index >= 15 is 0 Å². The molecule has 0 aromatic heterocycles. The van der Waals surface area contributed by atoms with Crippen LogP contribution < -0.4 is 0 Å². The van der Waals surface area contributed by atoms with Gasteiger partial charge in [0.2, 0.25) is 0 Å². The topological polar surface area (TPSA) is 26.3 Å². The van der Waals surface area contributed by atoms with E-state index in [4.69, 9.17) is 10.8 Å². The Bertz CT molecular complexity index is 400. The molecule has 1 aliphatic carbocycles. The second-order valence-corrected chi connectivity index (χ2v) is 12.6. The lowest BCUT2D eigenvalue weighted by Gasteiger charge is -2.47. The van der Waals surface area contributed by atoms with E-state index in [1.54, 1.807) is 0 Å². The van der Waals surface area contributed by atoms with Gasteiger partial charge in [0, 0.05) is 12.8 Å². The quantitative estimate of drug-likeness (QED) is 0.561. The molecule has 0 saturated heterocycles. The normalized spacial score (nSPS) is 28.2. The minimum Gasteiger partial charge on any atom is -0.413 e. The van der Waals surface area contributed by atoms with Gasteiger partial charge in [-0.2, -0.15) is 0 Å². The standard InChI is InChI=1S/C17H30O2Si/c1-8-9-13-17(5)14(18)11-10-12-15(17)19-20(6,7)16(2,3)4/h1,15H,9-13H2,2-7H3/t15-,17+/m0/s1. The smallest absolute Gasteiger partial charge is 0.192 e. The average molecular weight is 295 g/mol. The summed E-state index contributed by atoms with van der Waals surface area (Å²) in [7, 11) is -1.85. The van der Waals surface area contributed by atoms with Crippen molar-refractivity contribution in [3.8, 4) is 12.3 Å². The van der Waals surface area contributed by atoms with Gasteiger partial charge in [-0.15, -0.1) is 12.3 Å². The fourth-order valence-corrected chi connectivity index (χ4v) is 4.03. The van der Waals surface area contributed by atoms with Crippen LogP contribution in [0.2, 0.25) is 18.1 Å². The van der Waals surface area contributed by atoms with Crippen molar-refractivity contribution in [2.75, 3.05) is 0 Å². The summed E-state index contributed by atoms with van der Waals surface area (Å²) in [6.45, 7) is 13.3. The molecule has 114 valence electrons. The van der Waals surface area contributed by atoms with Gasteiger partial charge >= 0.3 is 0 Å². The monoisotopic (exact) mass is 294 g/mol. The first-order chi connectivity index (χ1) is 9.04. The summed E-state index contributed by atoms with van der Waals surface area (Å²) in [6, 6.07) is 0. The molecule has 1 rings (SSSR count). The lowest BCUT2D eigenvalue weighted by Crippen LogP contribution is -2.52. The second-order valence-electron chi connectivity index (χ2n) is 7.80. The molecule has 0 unspecified atom stereocenters. The largest absolute Gasteiger partial charge is 0.413 e. The zero-order chi connectivity index (χ0) is 15.6. The SMILES string of the molecule is C#CCC[C@]1(C)C(=O)CCC[C@@H]1O[Si](C)(C)C(C)(C)C. The molecule has 1 aliphatic rings. The Morgan fingerprint density at radius 3 is 2.55 bits per heavy atom. The molecule has 0 amide bonds. The fourth-order valence-electron chi connectivity index (χ4n) is 2.59. The van der Waals surface area contributed by atoms with Crippen LogP contribution in [0, 0.1) is 17.8 Å². The first kappa shape index (κ1) is 17.5. The highest BCUT2D eigenvalue weighted by atomic mass is 28.4. The van der Waals surface area contributed by atoms with E-state index in [1.807, 2.05) is 0 Å². The molecule has 2 atom stereocenters. The predicted molar refractivity (Wildman–Crippen MR) is 87.1 cm³/mol. The highest BCUT2D eigenvalue weighted by Crippen LogP contribution is 2.44. The fraction of sp³-hybridized carbons (Fsp3) is 0.824. The number of hydrogen-bond donors (Lipinski definition) is 0. The summed E-state index contributed by atoms with van der Waals surface area (Å²) < 4.78 is 6.58. The van der Waals surface area contributed by atoms with Gasteiger partial charge in [0.05, 0.1) is 11.5 Å². The van der Waals surface area contributed by atoms with Crippen LogP contribution in [0.5, 0.6) is 0 Å². The number of ketones is 1. The van der Waals surface area contributed by atoms with Crippen molar-refractivity contribution >= 4 is 14.1 Å². The van der Waals surface area contributed by atoms with Gasteiger partial charge in [-0.1, -0.05) is 27.7 Å². The molecule has 0 spiro atoms. The van der Waals surface area contributed by atoms with Crippen LogP contribution >= 0.6 is 0 Å². The van der Waals surface area contributed by atoms with Gasteiger partial charge in [0.1, 0.15) is 5.78 Å². The Hall–Kier alpha value is -0.593. The Kier molecular flexibility index (Phi) is 5.27. The Labute approximate surface area is 125 Å². The van der Waals surface area contributed by atoms with Gasteiger partial charge in [0.25, 0.3) is 0 Å². The van der Waals surface area contributed by atoms with Crippen molar-refractivity contribution in [1.29, 1.82) is 0 Å². The van der Waals surface area contributed by atoms with E-state index in [0.717, 1.165) is 19.3 Å². The first-order valence-electron chi connectivity index (χ1n) is 7.69. The molecule has 20 heavy (non-hydrogen) atoms. The van der Waals surface area contributed by atoms with Crippen molar-refractivity contribution in [2.45, 2.75) is 84.0 Å². The van der Waals surface area contributed by atoms with Gasteiger partial charge < -0.3 is 4.43 Å². The summed E-state index contributed by atoms with van der Waals surface area (Å²) in [4.78, 5) is 12.4. The molecule has 3 heteroatoms. The number of hydrogen-bond acceptors (Lipinski definition) is 2. The van der Waals surface area contributed by atoms with E-state index in [1.165, 1.54) is 0 Å². The number of terminal acetylenes is 1. The molecule has 0 aromatic rings. The Morgan fingerprint density at radius 2 is 2.05 bits per heavy atom. The van der Waals surface area contributed by atoms with E-state index in [0.29, 0.717) is 18.6 Å². The van der Waals surface area contributed by atoms with Crippen molar-refractivity contribution in [3.63, 3.8) is 0 Å². The molecule has 1 saturated carbocycles. The van der Waals surface area contributed by atoms with Crippen molar-refractivity contribution < 1.29 is 9.22 Å². The molecule has 0 radical (unpaired) electrons. The lowest BCUT2D eigenvalue weighted by molar-refractivity contribution is -0.138. The van der Waals surface area contributed by atoms with Crippen LogP contribution in [0.1, 0.15) is 59.8 Å². The maximum Gasteiger partial charge on any atom is 0.192 e. The van der Waals surface area contributed by atoms with Crippen molar-refractivity contribution in [2.24, 2.45) is 5.41 Å². The third-order valence-corrected chi connectivity index (χ3v) is 9.74. The van der Waals surface area contributed by atoms with Crippen molar-refractivity contribution in [1.82, 2.24) is 0 Å². The highest BCUT2D eigenvalue weighted by Gasteiger charge is 2.48. The van der Waals surface area contributed by atoms with E-state index in [2.05, 4.69) is 46.7 Å². The maximum absolute atomic E-state index is 12.4. The number of carbonyl (C=O) groups excluding carboxylic acids is 1. The van der Waals surface area contributed by atoms with Crippen LogP contribution in [-0.4, -0.2) is 20.2 Å². The zero-order valence-corrected chi connectivity index (χ0v) is 15.0. The van der Waals surface area contributed by atoms with Crippen LogP contribution in [0.3, 0.4) is 0 Å². The molecule has 0 N–H and O–H groups in total. The molecule has 1 fully saturated rings. The van der Waals surface area contributed by atoms with Crippen LogP contribution in [-0.2, 0) is 9.22 Å². The van der Waals surface area contributed by atoms with Crippen molar-refractivity contribution in [3.05, 3.63) is 0 Å². The Morgan fingerprint density at radius 1 is 1.45 bits per heavy atom. The average Bonchev–Trinajstić information content (AvgIpc) is 2.31. The predicted octanol–water partition coefficient (Wildman–Crippen LogP) is 4.55. The minimum atomic E-state index is -1.85. The van der Waals surface area contributed by atoms with Crippen LogP contribution in [0.15, 0.2) is 0 Å². The first-order valence-corrected chi connectivity index (χ1v) is 10.6. The molecule has 2 nitrogen and oxygen atoms in total. The second kappa shape index (κ2) is 6.03. The van der Waals surface area contributed by atoms with E-state index in [9.17, 15) is 4.79 Å². The summed E-state index contributed by atoms with van der Waals surface area (Å²) in [5.74, 6) is 3.01. The number of carbonyl (C=O) groups is 1. The zero-order valence-electron chi connectivity index (χ0n) is 14.0. The maximum atomic E-state index is 12.4. The minimum absolute atomic E-state index is 0.0398. The van der Waals surface area contributed by atoms with E-state index in [-0.39, 0.29) is 16.6 Å². The lowest BCUT2D eigenvalue weighted by atomic mass is 9.69. The third-order valence-electron chi connectivity index (χ3n) is 5.25. The Balaban J connectivity index is 2.96. The van der Waals surface area contributed by atoms with Gasteiger partial charge in [0.15, 0.2) is 8.32 Å². The van der Waals surface area contributed by atoms with Crippen LogP contribution in [0.4, 0.5) is 0 Å². The summed E-state index contributed by atoms with van der Waals surface area (Å²) in [5.41, 5.74) is -0.389. The number of Topliss-reactive ketones (excluding diaryl/α,β-unsaturated/α-hetero) is 1. The molecular formula is C17H30O2Si. The summed E-state index contributed by atoms with van der Waals surface area (Å²) in [5, 5.41) is 0.167. The van der Waals surface area contributed by atoms with Gasteiger partial charge in [-0.3, -0.25) is 4.79 Å². The molecular weight excluding hydrogens is 264 g/mol. The molecule has 0 heterocycles. The molecule has 0 aromatic carbocycles. The number of rotatable bonds is 4. The summed E-state index contributed by atoms with van der Waals surface area (Å²) in [6.07, 6.45) is 9.45. The highest BCUT2D eigenvalue weighted by molar-refractivity contribution is 6.74. The van der Waals surface area contributed by atoms with Gasteiger partial charge in [-0.25, -0.2) is 0 Å². The third kappa shape index (κ3) is 3.54. The molecule has 0 aliphatic heterocycles. The molecule has 0 bridgehead atoms. The van der Waals surface area contributed by atoms with Crippen LogP contribution in [0.25, 0.3) is 0 Å². The van der Waals surface area contributed by atoms with E-state index < -0.39 is 8.32 Å².